The second-order valence-electron chi connectivity index (χ2n) is 4.87. The van der Waals surface area contributed by atoms with Crippen molar-refractivity contribution < 1.29 is 9.32 Å². The molecule has 2 rings (SSSR count). The quantitative estimate of drug-likeness (QED) is 0.916. The molecule has 0 saturated heterocycles. The fourth-order valence-corrected chi connectivity index (χ4v) is 1.73. The standard InChI is InChI=1S/C14H17N3O2/c1-9(2)7-13(18)16-12-6-4-5-11(8-12)14-15-10(3)17-19-14/h4-6,8-9H,7H2,1-3H3,(H,16,18). The molecular weight excluding hydrogens is 242 g/mol. The van der Waals surface area contributed by atoms with Crippen LogP contribution >= 0.6 is 0 Å². The smallest absolute Gasteiger partial charge is 0.257 e. The number of nitrogens with zero attached hydrogens (tertiary/aromatic N) is 2. The van der Waals surface area contributed by atoms with E-state index in [9.17, 15) is 4.79 Å². The molecule has 1 aromatic carbocycles. The zero-order chi connectivity index (χ0) is 13.8. The van der Waals surface area contributed by atoms with Gasteiger partial charge in [-0.15, -0.1) is 0 Å². The SMILES string of the molecule is Cc1noc(-c2cccc(NC(=O)CC(C)C)c2)n1. The summed E-state index contributed by atoms with van der Waals surface area (Å²) in [5, 5.41) is 6.61. The summed E-state index contributed by atoms with van der Waals surface area (Å²) in [5.41, 5.74) is 1.53. The fraction of sp³-hybridized carbons (Fsp3) is 0.357. The maximum Gasteiger partial charge on any atom is 0.257 e. The topological polar surface area (TPSA) is 68.0 Å². The molecule has 100 valence electrons. The summed E-state index contributed by atoms with van der Waals surface area (Å²) >= 11 is 0. The van der Waals surface area contributed by atoms with Gasteiger partial charge in [-0.05, 0) is 31.0 Å². The van der Waals surface area contributed by atoms with E-state index in [-0.39, 0.29) is 5.91 Å². The predicted octanol–water partition coefficient (Wildman–Crippen LogP) is 3.03. The lowest BCUT2D eigenvalue weighted by molar-refractivity contribution is -0.116. The number of aryl methyl sites for hydroxylation is 1. The number of hydrogen-bond acceptors (Lipinski definition) is 4. The Balaban J connectivity index is 2.13. The van der Waals surface area contributed by atoms with Crippen LogP contribution in [0.2, 0.25) is 0 Å². The lowest BCUT2D eigenvalue weighted by Crippen LogP contribution is -2.13. The van der Waals surface area contributed by atoms with Crippen molar-refractivity contribution in [2.75, 3.05) is 5.32 Å². The highest BCUT2D eigenvalue weighted by Gasteiger charge is 2.09. The van der Waals surface area contributed by atoms with Gasteiger partial charge in [0.15, 0.2) is 5.82 Å². The average molecular weight is 259 g/mol. The van der Waals surface area contributed by atoms with Gasteiger partial charge in [0.05, 0.1) is 0 Å². The normalized spacial score (nSPS) is 10.7. The van der Waals surface area contributed by atoms with Gasteiger partial charge in [-0.2, -0.15) is 4.98 Å². The highest BCUT2D eigenvalue weighted by Crippen LogP contribution is 2.21. The molecular formula is C14H17N3O2. The number of amides is 1. The maximum absolute atomic E-state index is 11.7. The highest BCUT2D eigenvalue weighted by molar-refractivity contribution is 5.91. The van der Waals surface area contributed by atoms with Gasteiger partial charge in [-0.1, -0.05) is 25.1 Å². The van der Waals surface area contributed by atoms with Crippen LogP contribution in [0.4, 0.5) is 5.69 Å². The number of carbonyl (C=O) groups excluding carboxylic acids is 1. The lowest BCUT2D eigenvalue weighted by Gasteiger charge is -2.07. The summed E-state index contributed by atoms with van der Waals surface area (Å²) < 4.78 is 5.10. The summed E-state index contributed by atoms with van der Waals surface area (Å²) in [6.07, 6.45) is 0.504. The number of benzene rings is 1. The number of carbonyl (C=O) groups is 1. The number of hydrogen-bond donors (Lipinski definition) is 1. The molecule has 0 aliphatic heterocycles. The van der Waals surface area contributed by atoms with Gasteiger partial charge >= 0.3 is 0 Å². The Morgan fingerprint density at radius 1 is 1.42 bits per heavy atom. The molecule has 0 atom stereocenters. The minimum atomic E-state index is 0.00820. The molecule has 1 N–H and O–H groups in total. The molecule has 0 saturated carbocycles. The van der Waals surface area contributed by atoms with E-state index in [1.54, 1.807) is 6.92 Å². The van der Waals surface area contributed by atoms with E-state index in [0.717, 1.165) is 11.3 Å². The van der Waals surface area contributed by atoms with Gasteiger partial charge in [0.2, 0.25) is 5.91 Å². The van der Waals surface area contributed by atoms with Gasteiger partial charge in [-0.25, -0.2) is 0 Å². The number of rotatable bonds is 4. The van der Waals surface area contributed by atoms with Crippen LogP contribution in [0.5, 0.6) is 0 Å². The third-order valence-electron chi connectivity index (χ3n) is 2.51. The average Bonchev–Trinajstić information content (AvgIpc) is 2.75. The van der Waals surface area contributed by atoms with Crippen LogP contribution in [-0.4, -0.2) is 16.0 Å². The van der Waals surface area contributed by atoms with Crippen LogP contribution in [0, 0.1) is 12.8 Å². The molecule has 1 amide bonds. The first-order valence-electron chi connectivity index (χ1n) is 6.25. The highest BCUT2D eigenvalue weighted by atomic mass is 16.5. The van der Waals surface area contributed by atoms with Gasteiger partial charge in [-0.3, -0.25) is 4.79 Å². The van der Waals surface area contributed by atoms with Crippen LogP contribution in [0.25, 0.3) is 11.5 Å². The van der Waals surface area contributed by atoms with Gasteiger partial charge in [0.25, 0.3) is 5.89 Å². The second kappa shape index (κ2) is 5.65. The Morgan fingerprint density at radius 2 is 2.21 bits per heavy atom. The van der Waals surface area contributed by atoms with E-state index in [2.05, 4.69) is 15.5 Å². The van der Waals surface area contributed by atoms with E-state index < -0.39 is 0 Å². The maximum atomic E-state index is 11.7. The van der Waals surface area contributed by atoms with Crippen molar-refractivity contribution in [3.63, 3.8) is 0 Å². The third kappa shape index (κ3) is 3.64. The summed E-state index contributed by atoms with van der Waals surface area (Å²) in [6, 6.07) is 7.38. The first-order valence-corrected chi connectivity index (χ1v) is 6.25. The Kier molecular flexibility index (Phi) is 3.94. The molecule has 0 spiro atoms. The minimum Gasteiger partial charge on any atom is -0.334 e. The zero-order valence-corrected chi connectivity index (χ0v) is 11.3. The van der Waals surface area contributed by atoms with Crippen molar-refractivity contribution in [1.29, 1.82) is 0 Å². The molecule has 0 radical (unpaired) electrons. The van der Waals surface area contributed by atoms with Crippen molar-refractivity contribution >= 4 is 11.6 Å². The van der Waals surface area contributed by atoms with E-state index in [0.29, 0.717) is 24.1 Å². The number of aromatic nitrogens is 2. The first-order chi connectivity index (χ1) is 9.04. The Hall–Kier alpha value is -2.17. The molecule has 19 heavy (non-hydrogen) atoms. The van der Waals surface area contributed by atoms with E-state index >= 15 is 0 Å². The molecule has 5 heteroatoms. The first kappa shape index (κ1) is 13.3. The summed E-state index contributed by atoms with van der Waals surface area (Å²) in [5.74, 6) is 1.39. The van der Waals surface area contributed by atoms with E-state index in [1.165, 1.54) is 0 Å². The van der Waals surface area contributed by atoms with Crippen molar-refractivity contribution in [1.82, 2.24) is 10.1 Å². The molecule has 0 bridgehead atoms. The van der Waals surface area contributed by atoms with Crippen LogP contribution in [0.3, 0.4) is 0 Å². The zero-order valence-electron chi connectivity index (χ0n) is 11.3. The van der Waals surface area contributed by atoms with Crippen molar-refractivity contribution in [3.8, 4) is 11.5 Å². The summed E-state index contributed by atoms with van der Waals surface area (Å²) in [4.78, 5) is 15.9. The minimum absolute atomic E-state index is 0.00820. The van der Waals surface area contributed by atoms with E-state index in [4.69, 9.17) is 4.52 Å². The van der Waals surface area contributed by atoms with E-state index in [1.807, 2.05) is 38.1 Å². The van der Waals surface area contributed by atoms with Gasteiger partial charge < -0.3 is 9.84 Å². The summed E-state index contributed by atoms with van der Waals surface area (Å²) in [7, 11) is 0. The molecule has 0 aliphatic rings. The van der Waals surface area contributed by atoms with Crippen LogP contribution in [0.15, 0.2) is 28.8 Å². The molecule has 5 nitrogen and oxygen atoms in total. The molecule has 0 unspecified atom stereocenters. The molecule has 1 heterocycles. The molecule has 0 fully saturated rings. The third-order valence-corrected chi connectivity index (χ3v) is 2.51. The fourth-order valence-electron chi connectivity index (χ4n) is 1.73. The second-order valence-corrected chi connectivity index (χ2v) is 4.87. The molecule has 2 aromatic rings. The Labute approximate surface area is 112 Å². The van der Waals surface area contributed by atoms with Gasteiger partial charge in [0.1, 0.15) is 0 Å². The Bertz CT molecular complexity index is 576. The van der Waals surface area contributed by atoms with Crippen molar-refractivity contribution in [3.05, 3.63) is 30.1 Å². The van der Waals surface area contributed by atoms with Gasteiger partial charge in [0, 0.05) is 17.7 Å². The van der Waals surface area contributed by atoms with Crippen LogP contribution in [0.1, 0.15) is 26.1 Å². The molecule has 1 aromatic heterocycles. The monoisotopic (exact) mass is 259 g/mol. The number of anilines is 1. The molecule has 0 aliphatic carbocycles. The van der Waals surface area contributed by atoms with Crippen LogP contribution in [-0.2, 0) is 4.79 Å². The predicted molar refractivity (Wildman–Crippen MR) is 72.6 cm³/mol. The Morgan fingerprint density at radius 3 is 2.84 bits per heavy atom. The number of nitrogens with one attached hydrogen (secondary N) is 1. The largest absolute Gasteiger partial charge is 0.334 e. The van der Waals surface area contributed by atoms with Crippen molar-refractivity contribution in [2.45, 2.75) is 27.2 Å². The summed E-state index contributed by atoms with van der Waals surface area (Å²) in [6.45, 7) is 5.79. The lowest BCUT2D eigenvalue weighted by atomic mass is 10.1. The van der Waals surface area contributed by atoms with Crippen LogP contribution < -0.4 is 5.32 Å². The van der Waals surface area contributed by atoms with Crippen molar-refractivity contribution in [2.24, 2.45) is 5.92 Å².